The highest BCUT2D eigenvalue weighted by Gasteiger charge is 2.12. The SMILES string of the molecule is CNCC(=O)c1ccccc1C(C)O. The third kappa shape index (κ3) is 2.40. The van der Waals surface area contributed by atoms with Crippen molar-refractivity contribution >= 4 is 5.78 Å². The number of ketones is 1. The molecule has 0 radical (unpaired) electrons. The zero-order chi connectivity index (χ0) is 10.6. The monoisotopic (exact) mass is 193 g/mol. The molecule has 1 atom stereocenters. The first-order chi connectivity index (χ1) is 6.66. The zero-order valence-corrected chi connectivity index (χ0v) is 8.45. The fourth-order valence-electron chi connectivity index (χ4n) is 1.37. The summed E-state index contributed by atoms with van der Waals surface area (Å²) in [7, 11) is 1.73. The van der Waals surface area contributed by atoms with Crippen molar-refractivity contribution in [1.82, 2.24) is 5.32 Å². The molecule has 3 nitrogen and oxygen atoms in total. The molecule has 0 aliphatic carbocycles. The van der Waals surface area contributed by atoms with Gasteiger partial charge < -0.3 is 10.4 Å². The Morgan fingerprint density at radius 2 is 2.14 bits per heavy atom. The lowest BCUT2D eigenvalue weighted by Gasteiger charge is -2.10. The molecule has 0 aliphatic heterocycles. The lowest BCUT2D eigenvalue weighted by Crippen LogP contribution is -2.20. The molecule has 0 saturated carbocycles. The van der Waals surface area contributed by atoms with Crippen molar-refractivity contribution in [3.63, 3.8) is 0 Å². The Morgan fingerprint density at radius 1 is 1.50 bits per heavy atom. The van der Waals surface area contributed by atoms with E-state index in [-0.39, 0.29) is 5.78 Å². The van der Waals surface area contributed by atoms with E-state index in [1.54, 1.807) is 32.2 Å². The van der Waals surface area contributed by atoms with Gasteiger partial charge in [0.2, 0.25) is 0 Å². The smallest absolute Gasteiger partial charge is 0.176 e. The summed E-state index contributed by atoms with van der Waals surface area (Å²) >= 11 is 0. The lowest BCUT2D eigenvalue weighted by atomic mass is 10.00. The third-order valence-electron chi connectivity index (χ3n) is 2.05. The van der Waals surface area contributed by atoms with Gasteiger partial charge in [0.25, 0.3) is 0 Å². The first-order valence-corrected chi connectivity index (χ1v) is 4.61. The predicted molar refractivity (Wildman–Crippen MR) is 55.3 cm³/mol. The molecule has 1 unspecified atom stereocenters. The van der Waals surface area contributed by atoms with Crippen LogP contribution in [0.5, 0.6) is 0 Å². The van der Waals surface area contributed by atoms with Crippen molar-refractivity contribution in [2.24, 2.45) is 0 Å². The average Bonchev–Trinajstić information content (AvgIpc) is 2.18. The average molecular weight is 193 g/mol. The Hall–Kier alpha value is -1.19. The summed E-state index contributed by atoms with van der Waals surface area (Å²) in [5, 5.41) is 12.2. The van der Waals surface area contributed by atoms with Gasteiger partial charge in [-0.1, -0.05) is 24.3 Å². The molecule has 0 saturated heterocycles. The van der Waals surface area contributed by atoms with E-state index >= 15 is 0 Å². The van der Waals surface area contributed by atoms with Crippen LogP contribution in [0.3, 0.4) is 0 Å². The molecule has 1 aromatic carbocycles. The van der Waals surface area contributed by atoms with E-state index in [0.717, 1.165) is 0 Å². The van der Waals surface area contributed by atoms with Crippen molar-refractivity contribution in [2.75, 3.05) is 13.6 Å². The van der Waals surface area contributed by atoms with Crippen LogP contribution in [0, 0.1) is 0 Å². The first-order valence-electron chi connectivity index (χ1n) is 4.61. The number of likely N-dealkylation sites (N-methyl/N-ethyl adjacent to an activating group) is 1. The molecule has 0 aliphatic rings. The lowest BCUT2D eigenvalue weighted by molar-refractivity contribution is 0.0987. The molecule has 0 fully saturated rings. The number of benzene rings is 1. The molecule has 1 aromatic rings. The molecule has 3 heteroatoms. The minimum Gasteiger partial charge on any atom is -0.389 e. The van der Waals surface area contributed by atoms with E-state index in [4.69, 9.17) is 0 Å². The molecule has 76 valence electrons. The van der Waals surface area contributed by atoms with Crippen LogP contribution >= 0.6 is 0 Å². The van der Waals surface area contributed by atoms with E-state index in [9.17, 15) is 9.90 Å². The van der Waals surface area contributed by atoms with E-state index in [1.165, 1.54) is 0 Å². The maximum absolute atomic E-state index is 11.6. The van der Waals surface area contributed by atoms with Gasteiger partial charge in [-0.25, -0.2) is 0 Å². The van der Waals surface area contributed by atoms with Gasteiger partial charge in [-0.05, 0) is 19.5 Å². The fraction of sp³-hybridized carbons (Fsp3) is 0.364. The van der Waals surface area contributed by atoms with Crippen molar-refractivity contribution in [2.45, 2.75) is 13.0 Å². The van der Waals surface area contributed by atoms with Gasteiger partial charge in [0, 0.05) is 5.56 Å². The van der Waals surface area contributed by atoms with Gasteiger partial charge >= 0.3 is 0 Å². The minimum absolute atomic E-state index is 0.00370. The van der Waals surface area contributed by atoms with Crippen molar-refractivity contribution in [1.29, 1.82) is 0 Å². The van der Waals surface area contributed by atoms with Crippen LogP contribution < -0.4 is 5.32 Å². The number of carbonyl (C=O) groups excluding carboxylic acids is 1. The highest BCUT2D eigenvalue weighted by molar-refractivity contribution is 5.99. The molecule has 0 heterocycles. The molecule has 14 heavy (non-hydrogen) atoms. The number of aliphatic hydroxyl groups is 1. The minimum atomic E-state index is -0.605. The Morgan fingerprint density at radius 3 is 2.71 bits per heavy atom. The zero-order valence-electron chi connectivity index (χ0n) is 8.45. The highest BCUT2D eigenvalue weighted by atomic mass is 16.3. The maximum atomic E-state index is 11.6. The van der Waals surface area contributed by atoms with Gasteiger partial charge in [0.1, 0.15) is 0 Å². The number of aliphatic hydroxyl groups excluding tert-OH is 1. The number of hydrogen-bond acceptors (Lipinski definition) is 3. The Bertz CT molecular complexity index is 321. The first kappa shape index (κ1) is 10.9. The largest absolute Gasteiger partial charge is 0.389 e. The summed E-state index contributed by atoms with van der Waals surface area (Å²) in [6.07, 6.45) is -0.605. The van der Waals surface area contributed by atoms with Gasteiger partial charge in [-0.2, -0.15) is 0 Å². The topological polar surface area (TPSA) is 49.3 Å². The molecule has 1 rings (SSSR count). The molecule has 2 N–H and O–H groups in total. The number of carbonyl (C=O) groups is 1. The quantitative estimate of drug-likeness (QED) is 0.705. The Labute approximate surface area is 83.8 Å². The van der Waals surface area contributed by atoms with Gasteiger partial charge in [-0.15, -0.1) is 0 Å². The summed E-state index contributed by atoms with van der Waals surface area (Å²) < 4.78 is 0. The van der Waals surface area contributed by atoms with Crippen LogP contribution in [-0.2, 0) is 0 Å². The van der Waals surface area contributed by atoms with E-state index in [2.05, 4.69) is 5.32 Å². The van der Waals surface area contributed by atoms with E-state index < -0.39 is 6.10 Å². The second kappa shape index (κ2) is 4.88. The fourth-order valence-corrected chi connectivity index (χ4v) is 1.37. The molecule has 0 aromatic heterocycles. The highest BCUT2D eigenvalue weighted by Crippen LogP contribution is 2.17. The number of rotatable bonds is 4. The van der Waals surface area contributed by atoms with E-state index in [0.29, 0.717) is 17.7 Å². The molecule has 0 bridgehead atoms. The van der Waals surface area contributed by atoms with Crippen molar-refractivity contribution in [3.05, 3.63) is 35.4 Å². The third-order valence-corrected chi connectivity index (χ3v) is 2.05. The maximum Gasteiger partial charge on any atom is 0.176 e. The van der Waals surface area contributed by atoms with Crippen LogP contribution in [0.1, 0.15) is 28.9 Å². The van der Waals surface area contributed by atoms with Crippen molar-refractivity contribution in [3.8, 4) is 0 Å². The van der Waals surface area contributed by atoms with Crippen molar-refractivity contribution < 1.29 is 9.90 Å². The number of nitrogens with one attached hydrogen (secondary N) is 1. The second-order valence-corrected chi connectivity index (χ2v) is 3.22. The Kier molecular flexibility index (Phi) is 3.80. The second-order valence-electron chi connectivity index (χ2n) is 3.22. The molecular formula is C11H15NO2. The van der Waals surface area contributed by atoms with Gasteiger partial charge in [0.05, 0.1) is 12.6 Å². The normalized spacial score (nSPS) is 12.5. The van der Waals surface area contributed by atoms with Crippen LogP contribution in [0.2, 0.25) is 0 Å². The summed E-state index contributed by atoms with van der Waals surface area (Å²) in [6.45, 7) is 1.95. The van der Waals surface area contributed by atoms with Gasteiger partial charge in [-0.3, -0.25) is 4.79 Å². The molecule has 0 amide bonds. The predicted octanol–water partition coefficient (Wildman–Crippen LogP) is 1.14. The van der Waals surface area contributed by atoms with Crippen LogP contribution in [0.4, 0.5) is 0 Å². The summed E-state index contributed by atoms with van der Waals surface area (Å²) in [6, 6.07) is 7.13. The molecular weight excluding hydrogens is 178 g/mol. The van der Waals surface area contributed by atoms with Gasteiger partial charge in [0.15, 0.2) is 5.78 Å². The number of hydrogen-bond donors (Lipinski definition) is 2. The van der Waals surface area contributed by atoms with Crippen LogP contribution in [0.15, 0.2) is 24.3 Å². The summed E-state index contributed by atoms with van der Waals surface area (Å²) in [5.74, 6) is 0.00370. The number of Topliss-reactive ketones (excluding diaryl/α,β-unsaturated/α-hetero) is 1. The molecule has 0 spiro atoms. The Balaban J connectivity index is 3.00. The standard InChI is InChI=1S/C11H15NO2/c1-8(13)9-5-3-4-6-10(9)11(14)7-12-2/h3-6,8,12-13H,7H2,1-2H3. The summed E-state index contributed by atoms with van der Waals surface area (Å²) in [5.41, 5.74) is 1.28. The van der Waals surface area contributed by atoms with Crippen LogP contribution in [0.25, 0.3) is 0 Å². The van der Waals surface area contributed by atoms with Crippen LogP contribution in [-0.4, -0.2) is 24.5 Å². The van der Waals surface area contributed by atoms with E-state index in [1.807, 2.05) is 6.07 Å². The summed E-state index contributed by atoms with van der Waals surface area (Å²) in [4.78, 5) is 11.6.